The van der Waals surface area contributed by atoms with Crippen LogP contribution < -0.4 is 4.74 Å². The van der Waals surface area contributed by atoms with Crippen LogP contribution in [0.5, 0.6) is 5.75 Å². The maximum Gasteiger partial charge on any atom is 0.416 e. The molecule has 5 rings (SSSR count). The Bertz CT molecular complexity index is 1330. The summed E-state index contributed by atoms with van der Waals surface area (Å²) < 4.78 is 5.74. The lowest BCUT2D eigenvalue weighted by Gasteiger charge is -2.35. The highest BCUT2D eigenvalue weighted by Crippen LogP contribution is 2.39. The van der Waals surface area contributed by atoms with Crippen LogP contribution >= 0.6 is 23.2 Å². The quantitative estimate of drug-likeness (QED) is 0.315. The van der Waals surface area contributed by atoms with E-state index in [1.54, 1.807) is 29.2 Å². The van der Waals surface area contributed by atoms with E-state index in [4.69, 9.17) is 27.9 Å². The molecule has 174 valence electrons. The van der Waals surface area contributed by atoms with Crippen LogP contribution in [0.15, 0.2) is 66.7 Å². The van der Waals surface area contributed by atoms with Crippen molar-refractivity contribution in [3.8, 4) is 5.75 Å². The van der Waals surface area contributed by atoms with Gasteiger partial charge < -0.3 is 9.72 Å². The van der Waals surface area contributed by atoms with Crippen LogP contribution in [0.4, 0.5) is 4.79 Å². The molecule has 1 aromatic heterocycles. The number of rotatable bonds is 4. The Kier molecular flexibility index (Phi) is 6.28. The average molecular weight is 493 g/mol. The summed E-state index contributed by atoms with van der Waals surface area (Å²) in [6.45, 7) is 4.97. The zero-order valence-corrected chi connectivity index (χ0v) is 20.7. The lowest BCUT2D eigenvalue weighted by Crippen LogP contribution is -2.42. The molecule has 4 aromatic rings. The van der Waals surface area contributed by atoms with Crippen LogP contribution in [0.2, 0.25) is 10.0 Å². The van der Waals surface area contributed by atoms with Crippen LogP contribution in [-0.2, 0) is 12.8 Å². The van der Waals surface area contributed by atoms with Crippen molar-refractivity contribution in [1.29, 1.82) is 0 Å². The first-order valence-electron chi connectivity index (χ1n) is 11.5. The molecular weight excluding hydrogens is 467 g/mol. The fraction of sp³-hybridized carbons (Fsp3) is 0.250. The number of nitrogens with one attached hydrogen (secondary N) is 1. The molecule has 1 aliphatic heterocycles. The van der Waals surface area contributed by atoms with Gasteiger partial charge in [0.1, 0.15) is 11.8 Å². The highest BCUT2D eigenvalue weighted by atomic mass is 35.5. The molecule has 1 N–H and O–H groups in total. The number of H-pyrrole nitrogens is 1. The van der Waals surface area contributed by atoms with E-state index in [1.165, 1.54) is 11.1 Å². The van der Waals surface area contributed by atoms with Crippen molar-refractivity contribution in [3.63, 3.8) is 0 Å². The Morgan fingerprint density at radius 3 is 2.44 bits per heavy atom. The van der Waals surface area contributed by atoms with Gasteiger partial charge in [-0.05, 0) is 77.9 Å². The topological polar surface area (TPSA) is 45.3 Å². The number of hydrogen-bond donors (Lipinski definition) is 1. The smallest absolute Gasteiger partial charge is 0.410 e. The summed E-state index contributed by atoms with van der Waals surface area (Å²) in [5, 5.41) is 2.40. The number of hydrogen-bond acceptors (Lipinski definition) is 2. The van der Waals surface area contributed by atoms with E-state index >= 15 is 0 Å². The third-order valence-electron chi connectivity index (χ3n) is 6.28. The standard InChI is InChI=1S/C28H26Cl2N2O2/c1-17(2)15-18-3-5-19(6-4-18)27-26-23(24-16-21(30)9-12-25(24)31-26)13-14-32(27)28(33)34-22-10-7-20(29)8-11-22/h3-12,16-17,27,31H,13-15H2,1-2H3. The Morgan fingerprint density at radius 2 is 1.74 bits per heavy atom. The highest BCUT2D eigenvalue weighted by Gasteiger charge is 2.35. The molecule has 0 bridgehead atoms. The number of amides is 1. The minimum Gasteiger partial charge on any atom is -0.410 e. The molecule has 0 spiro atoms. The van der Waals surface area contributed by atoms with Gasteiger partial charge >= 0.3 is 6.09 Å². The molecular formula is C28H26Cl2N2O2. The molecule has 3 aromatic carbocycles. The summed E-state index contributed by atoms with van der Waals surface area (Å²) in [5.74, 6) is 1.05. The summed E-state index contributed by atoms with van der Waals surface area (Å²) in [5.41, 5.74) is 5.55. The first kappa shape index (κ1) is 22.8. The SMILES string of the molecule is CC(C)Cc1ccc(C2c3[nH]c4ccc(Cl)cc4c3CCN2C(=O)Oc2ccc(Cl)cc2)cc1. The van der Waals surface area contributed by atoms with Crippen molar-refractivity contribution in [3.05, 3.63) is 99.2 Å². The van der Waals surface area contributed by atoms with Crippen LogP contribution in [-0.4, -0.2) is 22.5 Å². The first-order valence-corrected chi connectivity index (χ1v) is 12.3. The third kappa shape index (κ3) is 4.53. The van der Waals surface area contributed by atoms with Crippen LogP contribution in [0.25, 0.3) is 10.9 Å². The Morgan fingerprint density at radius 1 is 1.03 bits per heavy atom. The van der Waals surface area contributed by atoms with Gasteiger partial charge in [-0.3, -0.25) is 4.90 Å². The summed E-state index contributed by atoms with van der Waals surface area (Å²) in [6, 6.07) is 21.0. The van der Waals surface area contributed by atoms with E-state index in [-0.39, 0.29) is 12.1 Å². The second-order valence-corrected chi connectivity index (χ2v) is 10.1. The second-order valence-electron chi connectivity index (χ2n) is 9.21. The van der Waals surface area contributed by atoms with Crippen molar-refractivity contribution < 1.29 is 9.53 Å². The normalized spacial score (nSPS) is 15.6. The number of fused-ring (bicyclic) bond motifs is 3. The molecule has 1 amide bonds. The van der Waals surface area contributed by atoms with E-state index < -0.39 is 0 Å². The predicted octanol–water partition coefficient (Wildman–Crippen LogP) is 7.82. The number of aromatic amines is 1. The van der Waals surface area contributed by atoms with Crippen molar-refractivity contribution in [2.24, 2.45) is 5.92 Å². The van der Waals surface area contributed by atoms with E-state index in [9.17, 15) is 4.79 Å². The number of benzene rings is 3. The molecule has 2 heterocycles. The summed E-state index contributed by atoms with van der Waals surface area (Å²) in [6.07, 6.45) is 1.34. The Balaban J connectivity index is 1.55. The second kappa shape index (κ2) is 9.36. The lowest BCUT2D eigenvalue weighted by atomic mass is 9.91. The molecule has 0 saturated heterocycles. The number of nitrogens with zero attached hydrogens (tertiary/aromatic N) is 1. The lowest BCUT2D eigenvalue weighted by molar-refractivity contribution is 0.135. The van der Waals surface area contributed by atoms with Gasteiger partial charge in [-0.2, -0.15) is 0 Å². The molecule has 0 radical (unpaired) electrons. The Hall–Kier alpha value is -2.95. The van der Waals surface area contributed by atoms with Crippen LogP contribution in [0.3, 0.4) is 0 Å². The number of halogens is 2. The third-order valence-corrected chi connectivity index (χ3v) is 6.77. The van der Waals surface area contributed by atoms with Crippen molar-refractivity contribution in [1.82, 2.24) is 9.88 Å². The monoisotopic (exact) mass is 492 g/mol. The summed E-state index contributed by atoms with van der Waals surface area (Å²) in [4.78, 5) is 18.7. The van der Waals surface area contributed by atoms with Gasteiger partial charge in [0.05, 0.1) is 0 Å². The zero-order valence-electron chi connectivity index (χ0n) is 19.1. The number of ether oxygens (including phenoxy) is 1. The molecule has 6 heteroatoms. The molecule has 1 unspecified atom stereocenters. The van der Waals surface area contributed by atoms with Gasteiger partial charge in [-0.1, -0.05) is 61.3 Å². The maximum atomic E-state index is 13.4. The van der Waals surface area contributed by atoms with Crippen molar-refractivity contribution >= 4 is 40.2 Å². The van der Waals surface area contributed by atoms with E-state index in [1.807, 2.05) is 18.2 Å². The van der Waals surface area contributed by atoms with Gasteiger partial charge in [0.2, 0.25) is 0 Å². The van der Waals surface area contributed by atoms with E-state index in [0.717, 1.165) is 28.6 Å². The number of aromatic nitrogens is 1. The molecule has 0 saturated carbocycles. The fourth-order valence-corrected chi connectivity index (χ4v) is 5.07. The van der Waals surface area contributed by atoms with Gasteiger partial charge in [0.25, 0.3) is 0 Å². The number of carbonyl (C=O) groups excluding carboxylic acids is 1. The van der Waals surface area contributed by atoms with Crippen molar-refractivity contribution in [2.75, 3.05) is 6.54 Å². The predicted molar refractivity (Wildman–Crippen MR) is 138 cm³/mol. The maximum absolute atomic E-state index is 13.4. The van der Waals surface area contributed by atoms with Gasteiger partial charge in [-0.25, -0.2) is 4.79 Å². The molecule has 0 fully saturated rings. The van der Waals surface area contributed by atoms with Gasteiger partial charge in [0, 0.05) is 33.2 Å². The van der Waals surface area contributed by atoms with Crippen LogP contribution in [0.1, 0.15) is 42.3 Å². The molecule has 34 heavy (non-hydrogen) atoms. The fourth-order valence-electron chi connectivity index (χ4n) is 4.77. The number of carbonyl (C=O) groups is 1. The highest BCUT2D eigenvalue weighted by molar-refractivity contribution is 6.31. The van der Waals surface area contributed by atoms with Gasteiger partial charge in [0.15, 0.2) is 0 Å². The van der Waals surface area contributed by atoms with Gasteiger partial charge in [-0.15, -0.1) is 0 Å². The molecule has 0 aliphatic carbocycles. The largest absolute Gasteiger partial charge is 0.416 e. The molecule has 1 atom stereocenters. The van der Waals surface area contributed by atoms with Crippen molar-refractivity contribution in [2.45, 2.75) is 32.7 Å². The van der Waals surface area contributed by atoms with Crippen LogP contribution in [0, 0.1) is 5.92 Å². The first-order chi connectivity index (χ1) is 16.4. The summed E-state index contributed by atoms with van der Waals surface area (Å²) in [7, 11) is 0. The van der Waals surface area contributed by atoms with E-state index in [2.05, 4.69) is 43.1 Å². The minimum atomic E-state index is -0.388. The minimum absolute atomic E-state index is 0.289. The van der Waals surface area contributed by atoms with E-state index in [0.29, 0.717) is 34.7 Å². The average Bonchev–Trinajstić information content (AvgIpc) is 3.18. The zero-order chi connectivity index (χ0) is 23.8. The molecule has 1 aliphatic rings. The molecule has 4 nitrogen and oxygen atoms in total. The summed E-state index contributed by atoms with van der Waals surface area (Å²) >= 11 is 12.3. The Labute approximate surface area is 209 Å².